The Balaban J connectivity index is 1.70. The maximum Gasteiger partial charge on any atom is 0.264 e. The van der Waals surface area contributed by atoms with Crippen LogP contribution in [0.2, 0.25) is 0 Å². The zero-order chi connectivity index (χ0) is 29.5. The molecule has 0 aliphatic heterocycles. The van der Waals surface area contributed by atoms with E-state index in [-0.39, 0.29) is 34.4 Å². The standard InChI is InChI=1S/C26H30FN3O8S2/c1-29(2)39(32,33)22-11-9-21(10-12-22)38-16-15-28-26(31)18-30(20-7-5-19(27)6-8-20)40(34,35)23-13-14-24(36-3)25(17-23)37-4/h5-14,17H,15-16,18H2,1-4H3,(H,28,31). The summed E-state index contributed by atoms with van der Waals surface area (Å²) in [4.78, 5) is 12.7. The fraction of sp³-hybridized carbons (Fsp3) is 0.269. The van der Waals surface area contributed by atoms with Gasteiger partial charge in [-0.25, -0.2) is 25.5 Å². The van der Waals surface area contributed by atoms with E-state index in [0.717, 1.165) is 20.7 Å². The third-order valence-electron chi connectivity index (χ3n) is 5.64. The van der Waals surface area contributed by atoms with Gasteiger partial charge >= 0.3 is 0 Å². The van der Waals surface area contributed by atoms with Crippen molar-refractivity contribution in [2.24, 2.45) is 0 Å². The number of hydrogen-bond donors (Lipinski definition) is 1. The SMILES string of the molecule is COc1ccc(S(=O)(=O)N(CC(=O)NCCOc2ccc(S(=O)(=O)N(C)C)cc2)c2ccc(F)cc2)cc1OC. The van der Waals surface area contributed by atoms with Crippen LogP contribution in [0.15, 0.2) is 76.5 Å². The number of nitrogens with one attached hydrogen (secondary N) is 1. The maximum atomic E-state index is 13.6. The summed E-state index contributed by atoms with van der Waals surface area (Å²) in [5.74, 6) is -0.320. The number of nitrogens with zero attached hydrogens (tertiary/aromatic N) is 2. The molecule has 0 fully saturated rings. The Morgan fingerprint density at radius 1 is 0.825 bits per heavy atom. The molecule has 0 spiro atoms. The summed E-state index contributed by atoms with van der Waals surface area (Å²) in [5, 5.41) is 2.59. The number of carbonyl (C=O) groups is 1. The lowest BCUT2D eigenvalue weighted by molar-refractivity contribution is -0.119. The molecule has 0 atom stereocenters. The van der Waals surface area contributed by atoms with E-state index in [0.29, 0.717) is 11.5 Å². The van der Waals surface area contributed by atoms with E-state index < -0.39 is 38.3 Å². The van der Waals surface area contributed by atoms with E-state index in [1.54, 1.807) is 0 Å². The Morgan fingerprint density at radius 3 is 2.00 bits per heavy atom. The van der Waals surface area contributed by atoms with E-state index in [1.807, 2.05) is 0 Å². The van der Waals surface area contributed by atoms with Crippen molar-refractivity contribution in [3.63, 3.8) is 0 Å². The molecular weight excluding hydrogens is 565 g/mol. The van der Waals surface area contributed by atoms with E-state index in [9.17, 15) is 26.0 Å². The second kappa shape index (κ2) is 13.0. The third kappa shape index (κ3) is 7.20. The Labute approximate surface area is 233 Å². The molecule has 40 heavy (non-hydrogen) atoms. The molecule has 0 aromatic heterocycles. The van der Waals surface area contributed by atoms with Crippen molar-refractivity contribution < 1.29 is 40.2 Å². The van der Waals surface area contributed by atoms with E-state index in [2.05, 4.69) is 5.32 Å². The average molecular weight is 596 g/mol. The smallest absolute Gasteiger partial charge is 0.264 e. The molecule has 216 valence electrons. The van der Waals surface area contributed by atoms with Gasteiger partial charge in [0.25, 0.3) is 10.0 Å². The predicted octanol–water partition coefficient (Wildman–Crippen LogP) is 2.48. The third-order valence-corrected chi connectivity index (χ3v) is 9.24. The minimum atomic E-state index is -4.28. The number of methoxy groups -OCH3 is 2. The second-order valence-corrected chi connectivity index (χ2v) is 12.5. The first kappa shape index (κ1) is 30.7. The molecule has 0 saturated heterocycles. The van der Waals surface area contributed by atoms with E-state index in [4.69, 9.17) is 14.2 Å². The molecular formula is C26H30FN3O8S2. The molecule has 0 saturated carbocycles. The molecule has 14 heteroatoms. The first-order chi connectivity index (χ1) is 18.9. The molecule has 0 radical (unpaired) electrons. The summed E-state index contributed by atoms with van der Waals surface area (Å²) < 4.78 is 82.9. The number of ether oxygens (including phenoxy) is 3. The van der Waals surface area contributed by atoms with Gasteiger partial charge < -0.3 is 19.5 Å². The fourth-order valence-corrected chi connectivity index (χ4v) is 5.83. The number of hydrogen-bond acceptors (Lipinski definition) is 8. The topological polar surface area (TPSA) is 132 Å². The highest BCUT2D eigenvalue weighted by Crippen LogP contribution is 2.32. The number of amides is 1. The molecule has 0 aliphatic rings. The quantitative estimate of drug-likeness (QED) is 0.298. The highest BCUT2D eigenvalue weighted by atomic mass is 32.2. The maximum absolute atomic E-state index is 13.6. The summed E-state index contributed by atoms with van der Waals surface area (Å²) in [6, 6.07) is 14.5. The summed E-state index contributed by atoms with van der Waals surface area (Å²) >= 11 is 0. The first-order valence-electron chi connectivity index (χ1n) is 11.8. The van der Waals surface area contributed by atoms with Crippen LogP contribution in [-0.2, 0) is 24.8 Å². The predicted molar refractivity (Wildman–Crippen MR) is 146 cm³/mol. The Hall–Kier alpha value is -3.88. The number of anilines is 1. The van der Waals surface area contributed by atoms with Crippen molar-refractivity contribution in [3.8, 4) is 17.2 Å². The van der Waals surface area contributed by atoms with Gasteiger partial charge in [0, 0.05) is 20.2 Å². The van der Waals surface area contributed by atoms with Crippen LogP contribution in [0.5, 0.6) is 17.2 Å². The average Bonchev–Trinajstić information content (AvgIpc) is 2.94. The monoisotopic (exact) mass is 595 g/mol. The Bertz CT molecular complexity index is 1530. The van der Waals surface area contributed by atoms with Gasteiger partial charge in [-0.1, -0.05) is 0 Å². The van der Waals surface area contributed by atoms with Crippen LogP contribution in [-0.4, -0.2) is 75.1 Å². The van der Waals surface area contributed by atoms with Crippen LogP contribution >= 0.6 is 0 Å². The molecule has 3 aromatic carbocycles. The number of halogens is 1. The van der Waals surface area contributed by atoms with Crippen LogP contribution in [0.3, 0.4) is 0 Å². The van der Waals surface area contributed by atoms with Crippen molar-refractivity contribution in [3.05, 3.63) is 72.5 Å². The highest BCUT2D eigenvalue weighted by Gasteiger charge is 2.28. The fourth-order valence-electron chi connectivity index (χ4n) is 3.49. The zero-order valence-corrected chi connectivity index (χ0v) is 24.0. The molecule has 0 bridgehead atoms. The molecule has 1 N–H and O–H groups in total. The number of sulfonamides is 2. The molecule has 3 aromatic rings. The lowest BCUT2D eigenvalue weighted by atomic mass is 10.3. The van der Waals surface area contributed by atoms with Gasteiger partial charge in [-0.3, -0.25) is 9.10 Å². The van der Waals surface area contributed by atoms with Crippen molar-refractivity contribution in [2.45, 2.75) is 9.79 Å². The minimum absolute atomic E-state index is 0.0320. The van der Waals surface area contributed by atoms with Crippen LogP contribution in [0.25, 0.3) is 0 Å². The van der Waals surface area contributed by atoms with E-state index >= 15 is 0 Å². The van der Waals surface area contributed by atoms with Gasteiger partial charge in [-0.2, -0.15) is 0 Å². The van der Waals surface area contributed by atoms with Crippen LogP contribution in [0.1, 0.15) is 0 Å². The summed E-state index contributed by atoms with van der Waals surface area (Å²) in [7, 11) is -2.23. The molecule has 3 rings (SSSR count). The summed E-state index contributed by atoms with van der Waals surface area (Å²) in [6.45, 7) is -0.534. The van der Waals surface area contributed by atoms with Crippen molar-refractivity contribution in [1.82, 2.24) is 9.62 Å². The molecule has 11 nitrogen and oxygen atoms in total. The Morgan fingerprint density at radius 2 is 1.43 bits per heavy atom. The normalized spacial score (nSPS) is 11.7. The second-order valence-electron chi connectivity index (χ2n) is 8.46. The molecule has 1 amide bonds. The molecule has 0 aliphatic carbocycles. The van der Waals surface area contributed by atoms with Crippen molar-refractivity contribution in [2.75, 3.05) is 52.3 Å². The lowest BCUT2D eigenvalue weighted by Crippen LogP contribution is -2.42. The van der Waals surface area contributed by atoms with Crippen molar-refractivity contribution in [1.29, 1.82) is 0 Å². The lowest BCUT2D eigenvalue weighted by Gasteiger charge is -2.24. The van der Waals surface area contributed by atoms with Crippen molar-refractivity contribution >= 4 is 31.6 Å². The van der Waals surface area contributed by atoms with Gasteiger partial charge in [0.15, 0.2) is 11.5 Å². The van der Waals surface area contributed by atoms with Gasteiger partial charge in [0.2, 0.25) is 15.9 Å². The minimum Gasteiger partial charge on any atom is -0.493 e. The first-order valence-corrected chi connectivity index (χ1v) is 14.7. The van der Waals surface area contributed by atoms with Gasteiger partial charge in [-0.05, 0) is 60.7 Å². The summed E-state index contributed by atoms with van der Waals surface area (Å²) in [6.07, 6.45) is 0. The molecule has 0 heterocycles. The molecule has 0 unspecified atom stereocenters. The number of benzene rings is 3. The van der Waals surface area contributed by atoms with Gasteiger partial charge in [0.05, 0.1) is 36.2 Å². The number of carbonyl (C=O) groups excluding carboxylic acids is 1. The highest BCUT2D eigenvalue weighted by molar-refractivity contribution is 7.92. The largest absolute Gasteiger partial charge is 0.493 e. The van der Waals surface area contributed by atoms with Crippen LogP contribution < -0.4 is 23.8 Å². The van der Waals surface area contributed by atoms with Crippen LogP contribution in [0.4, 0.5) is 10.1 Å². The zero-order valence-electron chi connectivity index (χ0n) is 22.3. The van der Waals surface area contributed by atoms with E-state index in [1.165, 1.54) is 82.9 Å². The summed E-state index contributed by atoms with van der Waals surface area (Å²) in [5.41, 5.74) is 0.0790. The Kier molecular flexibility index (Phi) is 9.95. The number of rotatable bonds is 13. The van der Waals surface area contributed by atoms with Crippen LogP contribution in [0, 0.1) is 5.82 Å². The van der Waals surface area contributed by atoms with Gasteiger partial charge in [0.1, 0.15) is 24.7 Å². The van der Waals surface area contributed by atoms with Gasteiger partial charge in [-0.15, -0.1) is 0 Å².